The van der Waals surface area contributed by atoms with Gasteiger partial charge in [-0.2, -0.15) is 5.26 Å². The van der Waals surface area contributed by atoms with E-state index in [0.29, 0.717) is 159 Å². The van der Waals surface area contributed by atoms with E-state index in [2.05, 4.69) is 41.8 Å². The Hall–Kier alpha value is -4.93. The molecule has 0 amide bonds. The van der Waals surface area contributed by atoms with Gasteiger partial charge in [-0.1, -0.05) is 6.07 Å². The average Bonchev–Trinajstić information content (AvgIpc) is 4.10. The number of hydrogen-bond acceptors (Lipinski definition) is 20. The Morgan fingerprint density at radius 1 is 0.710 bits per heavy atom. The number of tetrazole rings is 1. The molecule has 0 radical (unpaired) electrons. The summed E-state index contributed by atoms with van der Waals surface area (Å²) in [6.45, 7) is 11.6. The highest BCUT2D eigenvalue weighted by atomic mass is 16.6. The highest BCUT2D eigenvalue weighted by Crippen LogP contribution is 2.39. The van der Waals surface area contributed by atoms with Crippen LogP contribution in [0, 0.1) is 11.3 Å². The van der Waals surface area contributed by atoms with Gasteiger partial charge in [-0.3, -0.25) is 9.58 Å². The molecule has 3 atom stereocenters. The van der Waals surface area contributed by atoms with E-state index in [9.17, 15) is 5.26 Å². The zero-order valence-electron chi connectivity index (χ0n) is 40.1. The lowest BCUT2D eigenvalue weighted by Gasteiger charge is -2.43. The number of anilines is 2. The van der Waals surface area contributed by atoms with Crippen LogP contribution in [0.2, 0.25) is 0 Å². The van der Waals surface area contributed by atoms with Crippen LogP contribution >= 0.6 is 0 Å². The van der Waals surface area contributed by atoms with Crippen molar-refractivity contribution in [2.75, 3.05) is 131 Å². The van der Waals surface area contributed by atoms with Crippen molar-refractivity contribution in [3.05, 3.63) is 48.7 Å². The number of ether oxygens (including phenoxy) is 11. The van der Waals surface area contributed by atoms with Crippen molar-refractivity contribution in [3.8, 4) is 28.8 Å². The molecule has 0 unspecified atom stereocenters. The Bertz CT molecular complexity index is 2050. The molecule has 2 saturated heterocycles. The molecule has 2 aliphatic heterocycles. The van der Waals surface area contributed by atoms with Gasteiger partial charge >= 0.3 is 0 Å². The molecule has 69 heavy (non-hydrogen) atoms. The molecule has 22 nitrogen and oxygen atoms in total. The minimum atomic E-state index is -0.293. The Morgan fingerprint density at radius 2 is 1.26 bits per heavy atom. The lowest BCUT2D eigenvalue weighted by atomic mass is 9.89. The van der Waals surface area contributed by atoms with Crippen LogP contribution in [0.1, 0.15) is 57.1 Å². The van der Waals surface area contributed by atoms with Crippen LogP contribution in [-0.2, 0) is 49.2 Å². The fraction of sp³-hybridized carbons (Fsp3) is 0.681. The third kappa shape index (κ3) is 16.9. The average molecular weight is 964 g/mol. The van der Waals surface area contributed by atoms with Gasteiger partial charge in [-0.05, 0) is 73.6 Å². The number of benzene rings is 1. The van der Waals surface area contributed by atoms with Crippen molar-refractivity contribution < 1.29 is 52.1 Å². The van der Waals surface area contributed by atoms with Crippen LogP contribution in [0.4, 0.5) is 11.6 Å². The fourth-order valence-corrected chi connectivity index (χ4v) is 8.73. The van der Waals surface area contributed by atoms with Crippen LogP contribution < -0.4 is 14.8 Å². The molecule has 5 heterocycles. The number of hydrogen-bond donors (Lipinski definition) is 1. The van der Waals surface area contributed by atoms with Gasteiger partial charge in [0.05, 0.1) is 137 Å². The first-order valence-electron chi connectivity index (χ1n) is 24.2. The molecule has 7 rings (SSSR count). The molecule has 1 aliphatic carbocycles. The minimum Gasteiger partial charge on any atom is -0.487 e. The monoisotopic (exact) mass is 964 g/mol. The molecule has 22 heteroatoms. The maximum atomic E-state index is 9.77. The van der Waals surface area contributed by atoms with Gasteiger partial charge in [-0.15, -0.1) is 10.2 Å². The summed E-state index contributed by atoms with van der Waals surface area (Å²) in [4.78, 5) is 12.1. The van der Waals surface area contributed by atoms with Gasteiger partial charge in [0.1, 0.15) is 36.5 Å². The number of rotatable bonds is 34. The van der Waals surface area contributed by atoms with Crippen molar-refractivity contribution in [3.63, 3.8) is 0 Å². The van der Waals surface area contributed by atoms with Crippen LogP contribution in [-0.4, -0.2) is 195 Å². The maximum Gasteiger partial charge on any atom is 0.257 e. The first-order chi connectivity index (χ1) is 34.1. The molecule has 1 N–H and O–H groups in total. The van der Waals surface area contributed by atoms with Gasteiger partial charge in [0, 0.05) is 43.2 Å². The summed E-state index contributed by atoms with van der Waals surface area (Å²) in [7, 11) is 1.65. The first-order valence-corrected chi connectivity index (χ1v) is 24.2. The molecule has 3 aromatic heterocycles. The standard InChI is InChI=1S/C47H69N11O11/c1-36(31-56-35-51-54-55-56)69-45-27-37(3-4-38(45)28-48)39-29-49-47(50-30-39)52-44-32-57(40-5-7-41(8-6-40)58-42-9-10-43(58)34-67-33-42)53-46(44)68-26-25-66-24-23-65-22-21-64-20-19-63-18-17-62-16-15-61-14-13-60-12-11-59-2/h3-4,27,29-30,32,35-36,40-43H,5-26,31,33-34H2,1-2H3,(H,49,50,52)/t36-,40?,41?,42-,43+/m0/s1. The number of nitrogens with zero attached hydrogens (tertiary/aromatic N) is 10. The maximum absolute atomic E-state index is 9.77. The number of aromatic nitrogens is 8. The van der Waals surface area contributed by atoms with Crippen molar-refractivity contribution in [1.82, 2.24) is 44.9 Å². The summed E-state index contributed by atoms with van der Waals surface area (Å²) in [6, 6.07) is 9.55. The zero-order valence-corrected chi connectivity index (χ0v) is 40.1. The summed E-state index contributed by atoms with van der Waals surface area (Å²) in [6.07, 6.45) is 13.5. The van der Waals surface area contributed by atoms with Gasteiger partial charge in [0.15, 0.2) is 0 Å². The molecule has 1 aromatic carbocycles. The summed E-state index contributed by atoms with van der Waals surface area (Å²) in [5.74, 6) is 1.29. The number of fused-ring (bicyclic) bond motifs is 2. The number of nitriles is 1. The van der Waals surface area contributed by atoms with Crippen LogP contribution in [0.3, 0.4) is 0 Å². The SMILES string of the molecule is COCCOCCOCCOCCOCCOCCOCCOCCOc1nn(C2CCC(N3[C@@H]4CC[C@H]3COC4)CC2)cc1Nc1ncc(-c2ccc(C#N)c(O[C@@H](C)Cn3cnnn3)c2)cn1. The van der Waals surface area contributed by atoms with Gasteiger partial charge in [0.2, 0.25) is 5.95 Å². The molecule has 3 aliphatic rings. The molecule has 2 bridgehead atoms. The predicted molar refractivity (Wildman–Crippen MR) is 249 cm³/mol. The van der Waals surface area contributed by atoms with Crippen molar-refractivity contribution in [2.45, 2.75) is 82.3 Å². The van der Waals surface area contributed by atoms with E-state index >= 15 is 0 Å². The second-order valence-electron chi connectivity index (χ2n) is 17.0. The number of methoxy groups -OCH3 is 1. The first kappa shape index (κ1) is 51.9. The normalized spacial score (nSPS) is 19.7. The van der Waals surface area contributed by atoms with Crippen molar-refractivity contribution in [2.24, 2.45) is 0 Å². The molecule has 4 aromatic rings. The smallest absolute Gasteiger partial charge is 0.257 e. The third-order valence-electron chi connectivity index (χ3n) is 12.1. The third-order valence-corrected chi connectivity index (χ3v) is 12.1. The summed E-state index contributed by atoms with van der Waals surface area (Å²) in [5, 5.41) is 29.3. The largest absolute Gasteiger partial charge is 0.487 e. The van der Waals surface area contributed by atoms with Gasteiger partial charge in [-0.25, -0.2) is 14.6 Å². The van der Waals surface area contributed by atoms with Crippen LogP contribution in [0.15, 0.2) is 43.1 Å². The molecule has 3 fully saturated rings. The second kappa shape index (κ2) is 29.3. The van der Waals surface area contributed by atoms with Crippen molar-refractivity contribution >= 4 is 11.6 Å². The van der Waals surface area contributed by atoms with E-state index in [1.165, 1.54) is 19.2 Å². The van der Waals surface area contributed by atoms with E-state index in [-0.39, 0.29) is 12.1 Å². The highest BCUT2D eigenvalue weighted by Gasteiger charge is 2.42. The quantitative estimate of drug-likeness (QED) is 0.0655. The summed E-state index contributed by atoms with van der Waals surface area (Å²) < 4.78 is 65.7. The van der Waals surface area contributed by atoms with Crippen LogP contribution in [0.5, 0.6) is 11.6 Å². The lowest BCUT2D eigenvalue weighted by Crippen LogP contribution is -2.52. The molecular formula is C47H69N11O11. The topological polar surface area (TPSA) is 228 Å². The molecule has 378 valence electrons. The van der Waals surface area contributed by atoms with Crippen molar-refractivity contribution in [1.29, 1.82) is 5.26 Å². The van der Waals surface area contributed by atoms with E-state index in [4.69, 9.17) is 57.2 Å². The second-order valence-corrected chi connectivity index (χ2v) is 17.0. The van der Waals surface area contributed by atoms with E-state index in [1.807, 2.05) is 29.9 Å². The summed E-state index contributed by atoms with van der Waals surface area (Å²) >= 11 is 0. The Morgan fingerprint density at radius 3 is 1.81 bits per heavy atom. The van der Waals surface area contributed by atoms with E-state index in [0.717, 1.165) is 50.0 Å². The van der Waals surface area contributed by atoms with Gasteiger partial charge < -0.3 is 57.4 Å². The number of morpholine rings is 1. The molecular weight excluding hydrogens is 895 g/mol. The van der Waals surface area contributed by atoms with E-state index in [1.54, 1.807) is 30.3 Å². The lowest BCUT2D eigenvalue weighted by molar-refractivity contribution is -0.0458. The Kier molecular flexibility index (Phi) is 22.0. The van der Waals surface area contributed by atoms with E-state index < -0.39 is 0 Å². The number of nitrogens with one attached hydrogen (secondary N) is 1. The molecule has 0 spiro atoms. The summed E-state index contributed by atoms with van der Waals surface area (Å²) in [5.41, 5.74) is 2.64. The zero-order chi connectivity index (χ0) is 47.7. The minimum absolute atomic E-state index is 0.244. The van der Waals surface area contributed by atoms with Crippen LogP contribution in [0.25, 0.3) is 11.1 Å². The highest BCUT2D eigenvalue weighted by molar-refractivity contribution is 5.67. The fourth-order valence-electron chi connectivity index (χ4n) is 8.73. The Balaban J connectivity index is 0.821. The van der Waals surface area contributed by atoms with Gasteiger partial charge in [0.25, 0.3) is 5.88 Å². The Labute approximate surface area is 404 Å². The predicted octanol–water partition coefficient (Wildman–Crippen LogP) is 3.90. The molecule has 1 saturated carbocycles.